The Hall–Kier alpha value is -2.84. The molecule has 2 aromatic rings. The molecular formula is C12H12N4O5. The predicted octanol–water partition coefficient (Wildman–Crippen LogP) is 1.94. The summed E-state index contributed by atoms with van der Waals surface area (Å²) >= 11 is 0. The minimum atomic E-state index is -2.26. The second-order valence-electron chi connectivity index (χ2n) is 4.61. The fourth-order valence-electron chi connectivity index (χ4n) is 1.65. The highest BCUT2D eigenvalue weighted by Gasteiger charge is 2.50. The van der Waals surface area contributed by atoms with Crippen molar-refractivity contribution in [3.05, 3.63) is 56.5 Å². The molecule has 9 heteroatoms. The Morgan fingerprint density at radius 2 is 1.81 bits per heavy atom. The van der Waals surface area contributed by atoms with E-state index in [-0.39, 0.29) is 18.7 Å². The molecule has 0 atom stereocenters. The first-order valence-electron chi connectivity index (χ1n) is 6.10. The fourth-order valence-corrected chi connectivity index (χ4v) is 1.65. The first kappa shape index (κ1) is 14.6. The third-order valence-corrected chi connectivity index (χ3v) is 3.10. The van der Waals surface area contributed by atoms with Crippen molar-refractivity contribution < 1.29 is 14.4 Å². The highest BCUT2D eigenvalue weighted by Crippen LogP contribution is 2.20. The van der Waals surface area contributed by atoms with Crippen LogP contribution in [0, 0.1) is 20.2 Å². The Morgan fingerprint density at radius 1 is 1.19 bits per heavy atom. The molecule has 0 bridgehead atoms. The van der Waals surface area contributed by atoms with E-state index in [2.05, 4.69) is 10.1 Å². The molecule has 0 radical (unpaired) electrons. The van der Waals surface area contributed by atoms with Crippen LogP contribution in [-0.2, 0) is 6.42 Å². The van der Waals surface area contributed by atoms with Crippen LogP contribution in [0.2, 0.25) is 0 Å². The maximum absolute atomic E-state index is 10.8. The molecule has 1 aromatic carbocycles. The number of nitrogens with zero attached hydrogens (tertiary/aromatic N) is 4. The minimum absolute atomic E-state index is 0.0434. The van der Waals surface area contributed by atoms with Gasteiger partial charge in [-0.1, -0.05) is 35.5 Å². The lowest BCUT2D eigenvalue weighted by atomic mass is 10.1. The first-order chi connectivity index (χ1) is 9.93. The van der Waals surface area contributed by atoms with Gasteiger partial charge in [-0.25, -0.2) is 0 Å². The second-order valence-corrected chi connectivity index (χ2v) is 4.61. The minimum Gasteiger partial charge on any atom is -0.339 e. The number of nitro groups is 2. The largest absolute Gasteiger partial charge is 0.456 e. The summed E-state index contributed by atoms with van der Waals surface area (Å²) in [6.07, 6.45) is -0.373. The normalized spacial score (nSPS) is 11.3. The van der Waals surface area contributed by atoms with Crippen LogP contribution < -0.4 is 0 Å². The molecule has 110 valence electrons. The molecule has 1 aromatic heterocycles. The Balaban J connectivity index is 2.10. The van der Waals surface area contributed by atoms with Crippen molar-refractivity contribution >= 4 is 0 Å². The molecular weight excluding hydrogens is 280 g/mol. The van der Waals surface area contributed by atoms with Gasteiger partial charge in [-0.2, -0.15) is 4.98 Å². The third-order valence-electron chi connectivity index (χ3n) is 3.10. The smallest absolute Gasteiger partial charge is 0.339 e. The monoisotopic (exact) mass is 292 g/mol. The summed E-state index contributed by atoms with van der Waals surface area (Å²) in [6.45, 7) is 0.960. The average molecular weight is 292 g/mol. The molecule has 21 heavy (non-hydrogen) atoms. The van der Waals surface area contributed by atoms with Crippen LogP contribution in [0.4, 0.5) is 0 Å². The zero-order chi connectivity index (χ0) is 15.5. The van der Waals surface area contributed by atoms with E-state index in [1.807, 2.05) is 18.2 Å². The van der Waals surface area contributed by atoms with Crippen LogP contribution in [0.25, 0.3) is 11.4 Å². The van der Waals surface area contributed by atoms with Crippen molar-refractivity contribution in [1.29, 1.82) is 0 Å². The summed E-state index contributed by atoms with van der Waals surface area (Å²) in [6, 6.07) is 9.02. The van der Waals surface area contributed by atoms with Gasteiger partial charge in [-0.3, -0.25) is 20.2 Å². The second kappa shape index (κ2) is 5.65. The number of aromatic nitrogens is 2. The predicted molar refractivity (Wildman–Crippen MR) is 70.4 cm³/mol. The maximum atomic E-state index is 10.8. The van der Waals surface area contributed by atoms with Gasteiger partial charge in [0.2, 0.25) is 11.7 Å². The molecule has 0 spiro atoms. The Labute approximate surface area is 118 Å². The molecule has 0 N–H and O–H groups in total. The molecule has 1 heterocycles. The Bertz CT molecular complexity index is 641. The van der Waals surface area contributed by atoms with Gasteiger partial charge in [0, 0.05) is 12.0 Å². The molecule has 2 rings (SSSR count). The summed E-state index contributed by atoms with van der Waals surface area (Å²) in [5.41, 5.74) is -1.53. The van der Waals surface area contributed by atoms with Crippen molar-refractivity contribution in [3.8, 4) is 11.4 Å². The van der Waals surface area contributed by atoms with E-state index < -0.39 is 15.5 Å². The molecule has 0 amide bonds. The highest BCUT2D eigenvalue weighted by molar-refractivity contribution is 5.53. The number of aryl methyl sites for hydroxylation is 1. The van der Waals surface area contributed by atoms with E-state index in [0.29, 0.717) is 5.82 Å². The summed E-state index contributed by atoms with van der Waals surface area (Å²) in [7, 11) is 0. The molecule has 0 aliphatic rings. The quantitative estimate of drug-likeness (QED) is 0.452. The first-order valence-corrected chi connectivity index (χ1v) is 6.10. The standard InChI is InChI=1S/C12H12N4O5/c1-12(15(17)18,16(19)20)8-7-10-13-11(14-21-10)9-5-3-2-4-6-9/h2-6H,7-8H2,1H3. The highest BCUT2D eigenvalue weighted by atomic mass is 16.7. The molecule has 0 saturated carbocycles. The zero-order valence-electron chi connectivity index (χ0n) is 11.1. The van der Waals surface area contributed by atoms with Crippen molar-refractivity contribution in [2.75, 3.05) is 0 Å². The summed E-state index contributed by atoms with van der Waals surface area (Å²) in [5, 5.41) is 25.4. The topological polar surface area (TPSA) is 125 Å². The van der Waals surface area contributed by atoms with Gasteiger partial charge in [0.15, 0.2) is 0 Å². The summed E-state index contributed by atoms with van der Waals surface area (Å²) in [4.78, 5) is 23.9. The van der Waals surface area contributed by atoms with Gasteiger partial charge in [0.1, 0.15) is 0 Å². The van der Waals surface area contributed by atoms with E-state index >= 15 is 0 Å². The number of hydrogen-bond donors (Lipinski definition) is 0. The molecule has 9 nitrogen and oxygen atoms in total. The third kappa shape index (κ3) is 3.02. The fraction of sp³-hybridized carbons (Fsp3) is 0.333. The van der Waals surface area contributed by atoms with Crippen LogP contribution in [0.15, 0.2) is 34.9 Å². The molecule has 0 aliphatic carbocycles. The van der Waals surface area contributed by atoms with Gasteiger partial charge >= 0.3 is 5.66 Å². The van der Waals surface area contributed by atoms with Crippen molar-refractivity contribution in [2.45, 2.75) is 25.4 Å². The van der Waals surface area contributed by atoms with E-state index in [0.717, 1.165) is 12.5 Å². The Kier molecular flexibility index (Phi) is 3.92. The van der Waals surface area contributed by atoms with E-state index in [9.17, 15) is 20.2 Å². The van der Waals surface area contributed by atoms with E-state index in [1.54, 1.807) is 12.1 Å². The number of rotatable bonds is 6. The van der Waals surface area contributed by atoms with E-state index in [1.165, 1.54) is 0 Å². The zero-order valence-corrected chi connectivity index (χ0v) is 11.1. The molecule has 0 saturated heterocycles. The van der Waals surface area contributed by atoms with Gasteiger partial charge in [-0.05, 0) is 0 Å². The van der Waals surface area contributed by atoms with Gasteiger partial charge < -0.3 is 4.52 Å². The lowest BCUT2D eigenvalue weighted by Crippen LogP contribution is -2.43. The van der Waals surface area contributed by atoms with Crippen LogP contribution in [0.5, 0.6) is 0 Å². The molecule has 0 fully saturated rings. The maximum Gasteiger partial charge on any atom is 0.456 e. The van der Waals surface area contributed by atoms with Crippen LogP contribution in [-0.4, -0.2) is 25.7 Å². The summed E-state index contributed by atoms with van der Waals surface area (Å²) < 4.78 is 4.97. The van der Waals surface area contributed by atoms with Gasteiger partial charge in [0.25, 0.3) is 0 Å². The average Bonchev–Trinajstić information content (AvgIpc) is 2.94. The number of hydrogen-bond acceptors (Lipinski definition) is 7. The SMILES string of the molecule is CC(CCc1nc(-c2ccccc2)no1)([N+](=O)[O-])[N+](=O)[O-]. The van der Waals surface area contributed by atoms with Crippen LogP contribution >= 0.6 is 0 Å². The van der Waals surface area contributed by atoms with Crippen molar-refractivity contribution in [1.82, 2.24) is 10.1 Å². The van der Waals surface area contributed by atoms with Crippen LogP contribution in [0.3, 0.4) is 0 Å². The lowest BCUT2D eigenvalue weighted by Gasteiger charge is -2.10. The van der Waals surface area contributed by atoms with Crippen molar-refractivity contribution in [2.24, 2.45) is 0 Å². The van der Waals surface area contributed by atoms with Crippen LogP contribution in [0.1, 0.15) is 19.2 Å². The van der Waals surface area contributed by atoms with E-state index in [4.69, 9.17) is 4.52 Å². The number of benzene rings is 1. The lowest BCUT2D eigenvalue weighted by molar-refractivity contribution is -0.793. The van der Waals surface area contributed by atoms with Gasteiger partial charge in [0.05, 0.1) is 23.2 Å². The van der Waals surface area contributed by atoms with Gasteiger partial charge in [-0.15, -0.1) is 0 Å². The molecule has 0 unspecified atom stereocenters. The Morgan fingerprint density at radius 3 is 2.38 bits per heavy atom. The van der Waals surface area contributed by atoms with Crippen molar-refractivity contribution in [3.63, 3.8) is 0 Å². The summed E-state index contributed by atoms with van der Waals surface area (Å²) in [5.74, 6) is 0.471. The molecule has 0 aliphatic heterocycles.